The zero-order valence-corrected chi connectivity index (χ0v) is 24.5. The molecular weight excluding hydrogens is 556 g/mol. The van der Waals surface area contributed by atoms with E-state index in [9.17, 15) is 14.4 Å². The van der Waals surface area contributed by atoms with Crippen LogP contribution in [0.5, 0.6) is 0 Å². The fraction of sp³-hybridized carbons (Fsp3) is 0.314. The summed E-state index contributed by atoms with van der Waals surface area (Å²) in [7, 11) is 0. The van der Waals surface area contributed by atoms with Crippen LogP contribution in [-0.4, -0.2) is 51.4 Å². The van der Waals surface area contributed by atoms with E-state index in [2.05, 4.69) is 22.8 Å². The van der Waals surface area contributed by atoms with Crippen molar-refractivity contribution in [2.45, 2.75) is 56.4 Å². The number of para-hydroxylation sites is 1. The number of anilines is 1. The molecule has 1 saturated heterocycles. The number of aromatic nitrogens is 2. The van der Waals surface area contributed by atoms with Gasteiger partial charge in [-0.2, -0.15) is 5.10 Å². The number of ether oxygens (including phenoxy) is 1. The van der Waals surface area contributed by atoms with Gasteiger partial charge in [0, 0.05) is 54.7 Å². The molecule has 4 aromatic rings. The van der Waals surface area contributed by atoms with Crippen molar-refractivity contribution in [2.75, 3.05) is 18.5 Å². The Morgan fingerprint density at radius 3 is 2.36 bits per heavy atom. The van der Waals surface area contributed by atoms with E-state index in [4.69, 9.17) is 14.9 Å². The van der Waals surface area contributed by atoms with Crippen molar-refractivity contribution in [3.05, 3.63) is 95.7 Å². The number of aliphatic carboxylic acids is 1. The molecule has 6 rings (SSSR count). The number of carboxylic acids is 1. The van der Waals surface area contributed by atoms with Crippen molar-refractivity contribution < 1.29 is 24.2 Å². The third kappa shape index (κ3) is 6.28. The van der Waals surface area contributed by atoms with E-state index < -0.39 is 11.5 Å². The van der Waals surface area contributed by atoms with E-state index in [0.29, 0.717) is 48.8 Å². The van der Waals surface area contributed by atoms with Gasteiger partial charge in [-0.05, 0) is 60.9 Å². The number of hydrogen-bond donors (Lipinski definition) is 3. The average Bonchev–Trinajstić information content (AvgIpc) is 3.44. The van der Waals surface area contributed by atoms with Crippen molar-refractivity contribution in [3.63, 3.8) is 0 Å². The molecule has 0 radical (unpaired) electrons. The lowest BCUT2D eigenvalue weighted by molar-refractivity contribution is -0.131. The first-order valence-corrected chi connectivity index (χ1v) is 15.2. The van der Waals surface area contributed by atoms with Crippen LogP contribution in [-0.2, 0) is 14.3 Å². The lowest BCUT2D eigenvalue weighted by atomic mass is 9.85. The predicted octanol–water partition coefficient (Wildman–Crippen LogP) is 6.09. The molecule has 226 valence electrons. The zero-order chi connectivity index (χ0) is 30.5. The molecule has 2 aliphatic rings. The summed E-state index contributed by atoms with van der Waals surface area (Å²) in [6.45, 7) is 0.690. The van der Waals surface area contributed by atoms with Crippen LogP contribution in [0.25, 0.3) is 22.7 Å². The van der Waals surface area contributed by atoms with Crippen molar-refractivity contribution in [1.82, 2.24) is 15.1 Å². The summed E-state index contributed by atoms with van der Waals surface area (Å²) >= 11 is 0. The summed E-state index contributed by atoms with van der Waals surface area (Å²) in [5, 5.41) is 20.9. The first-order valence-electron chi connectivity index (χ1n) is 15.2. The Hall–Kier alpha value is -4.76. The van der Waals surface area contributed by atoms with E-state index in [0.717, 1.165) is 35.5 Å². The van der Waals surface area contributed by atoms with E-state index >= 15 is 0 Å². The molecule has 3 aromatic carbocycles. The summed E-state index contributed by atoms with van der Waals surface area (Å²) < 4.78 is 7.59. The van der Waals surface area contributed by atoms with Gasteiger partial charge >= 0.3 is 5.97 Å². The maximum atomic E-state index is 13.7. The molecule has 3 N–H and O–H groups in total. The molecule has 9 nitrogen and oxygen atoms in total. The number of fused-ring (bicyclic) bond motifs is 1. The number of nitrogens with zero attached hydrogens (tertiary/aromatic N) is 2. The van der Waals surface area contributed by atoms with Crippen LogP contribution in [0.3, 0.4) is 0 Å². The molecule has 2 amide bonds. The summed E-state index contributed by atoms with van der Waals surface area (Å²) in [6, 6.07) is 22.6. The van der Waals surface area contributed by atoms with Gasteiger partial charge in [0.1, 0.15) is 5.54 Å². The monoisotopic (exact) mass is 592 g/mol. The average molecular weight is 593 g/mol. The Morgan fingerprint density at radius 1 is 0.932 bits per heavy atom. The van der Waals surface area contributed by atoms with E-state index in [1.54, 1.807) is 24.3 Å². The highest BCUT2D eigenvalue weighted by Gasteiger charge is 2.42. The normalized spacial score (nSPS) is 17.0. The second-order valence-electron chi connectivity index (χ2n) is 11.6. The van der Waals surface area contributed by atoms with Gasteiger partial charge in [0.15, 0.2) is 0 Å². The van der Waals surface area contributed by atoms with E-state index in [1.807, 2.05) is 41.1 Å². The highest BCUT2D eigenvalue weighted by molar-refractivity contribution is 6.05. The molecule has 1 aliphatic heterocycles. The molecule has 0 bridgehead atoms. The number of carboxylic acid groups (broad SMARTS) is 1. The Bertz CT molecular complexity index is 1680. The molecule has 44 heavy (non-hydrogen) atoms. The van der Waals surface area contributed by atoms with Crippen molar-refractivity contribution >= 4 is 40.4 Å². The number of carbonyl (C=O) groups is 3. The van der Waals surface area contributed by atoms with Crippen LogP contribution < -0.4 is 10.6 Å². The zero-order valence-electron chi connectivity index (χ0n) is 24.5. The molecule has 2 heterocycles. The lowest BCUT2D eigenvalue weighted by Gasteiger charge is -2.36. The largest absolute Gasteiger partial charge is 0.478 e. The molecule has 0 atom stereocenters. The number of carbonyl (C=O) groups excluding carboxylic acids is 2. The number of nitrogens with one attached hydrogen (secondary N) is 2. The van der Waals surface area contributed by atoms with Crippen LogP contribution in [0.15, 0.2) is 78.9 Å². The first kappa shape index (κ1) is 29.3. The van der Waals surface area contributed by atoms with Crippen molar-refractivity contribution in [2.24, 2.45) is 0 Å². The Labute approximate surface area is 255 Å². The minimum Gasteiger partial charge on any atom is -0.478 e. The fourth-order valence-corrected chi connectivity index (χ4v) is 6.30. The highest BCUT2D eigenvalue weighted by atomic mass is 16.5. The van der Waals surface area contributed by atoms with Gasteiger partial charge in [0.25, 0.3) is 5.91 Å². The maximum absolute atomic E-state index is 13.7. The molecule has 2 fully saturated rings. The highest BCUT2D eigenvalue weighted by Crippen LogP contribution is 2.38. The molecule has 0 spiro atoms. The van der Waals surface area contributed by atoms with Gasteiger partial charge in [0.2, 0.25) is 5.91 Å². The summed E-state index contributed by atoms with van der Waals surface area (Å²) in [6.07, 6.45) is 9.11. The minimum absolute atomic E-state index is 0.322. The number of rotatable bonds is 8. The summed E-state index contributed by atoms with van der Waals surface area (Å²) in [5.74, 6) is -1.29. The van der Waals surface area contributed by atoms with E-state index in [1.165, 1.54) is 31.0 Å². The van der Waals surface area contributed by atoms with Gasteiger partial charge < -0.3 is 20.5 Å². The Morgan fingerprint density at radius 2 is 1.66 bits per heavy atom. The smallest absolute Gasteiger partial charge is 0.328 e. The van der Waals surface area contributed by atoms with Crippen LogP contribution in [0.2, 0.25) is 0 Å². The second-order valence-corrected chi connectivity index (χ2v) is 11.6. The molecule has 9 heteroatoms. The molecule has 0 unspecified atom stereocenters. The van der Waals surface area contributed by atoms with Gasteiger partial charge in [-0.25, -0.2) is 9.48 Å². The van der Waals surface area contributed by atoms with Crippen molar-refractivity contribution in [3.8, 4) is 5.69 Å². The second kappa shape index (κ2) is 12.9. The van der Waals surface area contributed by atoms with Crippen LogP contribution in [0, 0.1) is 0 Å². The van der Waals surface area contributed by atoms with Gasteiger partial charge in [-0.3, -0.25) is 9.59 Å². The van der Waals surface area contributed by atoms with Gasteiger partial charge in [-0.15, -0.1) is 0 Å². The molecule has 1 saturated carbocycles. The standard InChI is InChI=1S/C35H36N4O5/c40-31(41)18-13-24-11-15-27(16-12-24)36-34(43)35(19-21-44-22-20-35)37-33(42)26-14-17-29-30(23-26)38-39(28-9-5-2-6-10-28)32(29)25-7-3-1-4-8-25/h2,5-6,9-18,23,25H,1,3-4,7-8,19-22H2,(H,36,43)(H,37,42)(H,40,41)/b18-13+. The first-order chi connectivity index (χ1) is 21.4. The minimum atomic E-state index is -1.15. The van der Waals surface area contributed by atoms with Crippen molar-refractivity contribution in [1.29, 1.82) is 0 Å². The van der Waals surface area contributed by atoms with Crippen LogP contribution in [0.4, 0.5) is 5.69 Å². The van der Waals surface area contributed by atoms with Gasteiger partial charge in [0.05, 0.1) is 16.9 Å². The fourth-order valence-electron chi connectivity index (χ4n) is 6.30. The molecular formula is C35H36N4O5. The van der Waals surface area contributed by atoms with E-state index in [-0.39, 0.29) is 11.8 Å². The topological polar surface area (TPSA) is 123 Å². The molecule has 1 aromatic heterocycles. The van der Waals surface area contributed by atoms with Gasteiger partial charge in [-0.1, -0.05) is 55.7 Å². The Kier molecular flexibility index (Phi) is 8.56. The Balaban J connectivity index is 1.26. The summed E-state index contributed by atoms with van der Waals surface area (Å²) in [5.41, 5.74) is 3.48. The number of benzene rings is 3. The third-order valence-electron chi connectivity index (χ3n) is 8.69. The lowest BCUT2D eigenvalue weighted by Crippen LogP contribution is -2.59. The maximum Gasteiger partial charge on any atom is 0.328 e. The van der Waals surface area contributed by atoms with Crippen LogP contribution in [0.1, 0.15) is 72.5 Å². The number of amides is 2. The summed E-state index contributed by atoms with van der Waals surface area (Å²) in [4.78, 5) is 38.2. The molecule has 1 aliphatic carbocycles. The number of hydrogen-bond acceptors (Lipinski definition) is 5. The third-order valence-corrected chi connectivity index (χ3v) is 8.69. The predicted molar refractivity (Wildman–Crippen MR) is 169 cm³/mol. The van der Waals surface area contributed by atoms with Crippen LogP contribution >= 0.6 is 0 Å². The quantitative estimate of drug-likeness (QED) is 0.213. The SMILES string of the molecule is O=C(O)/C=C/c1ccc(NC(=O)C2(NC(=O)c3ccc4c(C5CCCCC5)n(-c5ccccc5)nc4c3)CCOCC2)cc1.